The number of pyridine rings is 1. The van der Waals surface area contributed by atoms with Crippen molar-refractivity contribution in [1.29, 1.82) is 0 Å². The van der Waals surface area contributed by atoms with Gasteiger partial charge in [0, 0.05) is 6.20 Å². The summed E-state index contributed by atoms with van der Waals surface area (Å²) in [5, 5.41) is 2.86. The fourth-order valence-electron chi connectivity index (χ4n) is 1.65. The average molecular weight is 291 g/mol. The monoisotopic (exact) mass is 291 g/mol. The second-order valence-electron chi connectivity index (χ2n) is 5.58. The molecule has 21 heavy (non-hydrogen) atoms. The summed E-state index contributed by atoms with van der Waals surface area (Å²) in [6.07, 6.45) is 0.922. The maximum atomic E-state index is 11.8. The van der Waals surface area contributed by atoms with Gasteiger partial charge in [-0.2, -0.15) is 4.98 Å². The minimum absolute atomic E-state index is 0.0806. The Labute approximate surface area is 121 Å². The maximum Gasteiger partial charge on any atom is 0.408 e. The van der Waals surface area contributed by atoms with Gasteiger partial charge in [-0.15, -0.1) is 0 Å². The fourth-order valence-corrected chi connectivity index (χ4v) is 1.65. The van der Waals surface area contributed by atoms with E-state index < -0.39 is 23.4 Å². The second-order valence-corrected chi connectivity index (χ2v) is 5.58. The highest BCUT2D eigenvalue weighted by Crippen LogP contribution is 2.13. The molecule has 0 radical (unpaired) electrons. The van der Waals surface area contributed by atoms with Gasteiger partial charge in [0.25, 0.3) is 0 Å². The van der Waals surface area contributed by atoms with Crippen LogP contribution < -0.4 is 10.9 Å². The molecule has 0 spiro atoms. The van der Waals surface area contributed by atoms with Crippen LogP contribution in [0.15, 0.2) is 27.5 Å². The molecule has 2 aromatic rings. The van der Waals surface area contributed by atoms with E-state index in [1.807, 2.05) is 0 Å². The van der Waals surface area contributed by atoms with Crippen molar-refractivity contribution in [2.24, 2.45) is 0 Å². The molecule has 1 amide bonds. The first-order valence-corrected chi connectivity index (χ1v) is 6.51. The van der Waals surface area contributed by atoms with Crippen molar-refractivity contribution >= 4 is 17.1 Å². The first-order valence-electron chi connectivity index (χ1n) is 6.51. The van der Waals surface area contributed by atoms with Crippen LogP contribution >= 0.6 is 0 Å². The van der Waals surface area contributed by atoms with E-state index in [4.69, 9.17) is 9.15 Å². The largest absolute Gasteiger partial charge is 0.444 e. The van der Waals surface area contributed by atoms with Crippen LogP contribution in [0.4, 0.5) is 4.79 Å². The number of hydrogen-bond acceptors (Lipinski definition) is 6. The first kappa shape index (κ1) is 15.0. The van der Waals surface area contributed by atoms with Crippen LogP contribution in [0.5, 0.6) is 0 Å². The van der Waals surface area contributed by atoms with Crippen LogP contribution in [0.25, 0.3) is 11.0 Å². The van der Waals surface area contributed by atoms with E-state index in [0.29, 0.717) is 5.39 Å². The van der Waals surface area contributed by atoms with Gasteiger partial charge < -0.3 is 14.5 Å². The molecule has 2 aromatic heterocycles. The second kappa shape index (κ2) is 5.51. The minimum atomic E-state index is -0.612. The highest BCUT2D eigenvalue weighted by Gasteiger charge is 2.20. The Morgan fingerprint density at radius 2 is 2.14 bits per heavy atom. The van der Waals surface area contributed by atoms with Gasteiger partial charge in [-0.3, -0.25) is 0 Å². The average Bonchev–Trinajstić information content (AvgIpc) is 2.36. The number of ether oxygens (including phenoxy) is 1. The van der Waals surface area contributed by atoms with E-state index >= 15 is 0 Å². The molecule has 0 saturated heterocycles. The SMILES string of the molecule is C[C@@H](NC(=O)OC(C)(C)C)c1nc2ncccc2c(=O)o1. The number of hydrogen-bond donors (Lipinski definition) is 1. The van der Waals surface area contributed by atoms with Crippen LogP contribution in [0.2, 0.25) is 0 Å². The number of aromatic nitrogens is 2. The Bertz CT molecular complexity index is 718. The highest BCUT2D eigenvalue weighted by atomic mass is 16.6. The van der Waals surface area contributed by atoms with E-state index in [0.717, 1.165) is 0 Å². The molecule has 1 N–H and O–H groups in total. The molecule has 0 unspecified atom stereocenters. The normalized spacial score (nSPS) is 13.0. The molecule has 2 heterocycles. The zero-order valence-electron chi connectivity index (χ0n) is 12.3. The number of carbonyl (C=O) groups excluding carboxylic acids is 1. The van der Waals surface area contributed by atoms with E-state index in [2.05, 4.69) is 15.3 Å². The summed E-state index contributed by atoms with van der Waals surface area (Å²) < 4.78 is 10.2. The van der Waals surface area contributed by atoms with Gasteiger partial charge >= 0.3 is 11.7 Å². The van der Waals surface area contributed by atoms with Crippen molar-refractivity contribution in [2.45, 2.75) is 39.3 Å². The molecule has 0 bridgehead atoms. The first-order chi connectivity index (χ1) is 9.76. The molecular weight excluding hydrogens is 274 g/mol. The lowest BCUT2D eigenvalue weighted by atomic mass is 10.2. The number of rotatable bonds is 2. The van der Waals surface area contributed by atoms with E-state index in [-0.39, 0.29) is 11.5 Å². The minimum Gasteiger partial charge on any atom is -0.444 e. The van der Waals surface area contributed by atoms with Gasteiger partial charge in [-0.1, -0.05) is 0 Å². The van der Waals surface area contributed by atoms with Crippen LogP contribution in [0, 0.1) is 0 Å². The Hall–Kier alpha value is -2.44. The van der Waals surface area contributed by atoms with Crippen molar-refractivity contribution in [2.75, 3.05) is 0 Å². The molecule has 7 heteroatoms. The maximum absolute atomic E-state index is 11.8. The molecule has 0 aliphatic heterocycles. The fraction of sp³-hybridized carbons (Fsp3) is 0.429. The lowest BCUT2D eigenvalue weighted by Gasteiger charge is -2.21. The van der Waals surface area contributed by atoms with Gasteiger partial charge in [0.2, 0.25) is 5.89 Å². The summed E-state index contributed by atoms with van der Waals surface area (Å²) in [7, 11) is 0. The van der Waals surface area contributed by atoms with Crippen molar-refractivity contribution in [1.82, 2.24) is 15.3 Å². The lowest BCUT2D eigenvalue weighted by molar-refractivity contribution is 0.0499. The lowest BCUT2D eigenvalue weighted by Crippen LogP contribution is -2.34. The van der Waals surface area contributed by atoms with E-state index in [9.17, 15) is 9.59 Å². The summed E-state index contributed by atoms with van der Waals surface area (Å²) in [6, 6.07) is 2.60. The van der Waals surface area contributed by atoms with Crippen LogP contribution in [0.3, 0.4) is 0 Å². The Morgan fingerprint density at radius 1 is 1.43 bits per heavy atom. The summed E-state index contributed by atoms with van der Waals surface area (Å²) in [6.45, 7) is 6.92. The Balaban J connectivity index is 2.22. The molecule has 7 nitrogen and oxygen atoms in total. The molecule has 0 fully saturated rings. The third-order valence-corrected chi connectivity index (χ3v) is 2.52. The standard InChI is InChI=1S/C14H17N3O4/c1-8(16-13(19)21-14(2,3)4)11-17-10-9(12(18)20-11)6-5-7-15-10/h5-8H,1-4H3,(H,16,19)/t8-/m1/s1. The molecule has 0 aliphatic carbocycles. The zero-order chi connectivity index (χ0) is 15.6. The highest BCUT2D eigenvalue weighted by molar-refractivity contribution is 5.72. The van der Waals surface area contributed by atoms with Gasteiger partial charge in [0.1, 0.15) is 17.0 Å². The molecule has 1 atom stereocenters. The summed E-state index contributed by atoms with van der Waals surface area (Å²) in [5.41, 5.74) is -0.870. The van der Waals surface area contributed by atoms with Gasteiger partial charge in [-0.25, -0.2) is 14.6 Å². The van der Waals surface area contributed by atoms with Crippen molar-refractivity contribution in [3.8, 4) is 0 Å². The van der Waals surface area contributed by atoms with E-state index in [1.165, 1.54) is 6.20 Å². The van der Waals surface area contributed by atoms with Gasteiger partial charge in [0.15, 0.2) is 5.65 Å². The van der Waals surface area contributed by atoms with Crippen molar-refractivity contribution in [3.63, 3.8) is 0 Å². The predicted octanol–water partition coefficient (Wildman–Crippen LogP) is 2.17. The number of fused-ring (bicyclic) bond motifs is 1. The van der Waals surface area contributed by atoms with Gasteiger partial charge in [-0.05, 0) is 39.8 Å². The molecule has 0 saturated carbocycles. The Kier molecular flexibility index (Phi) is 3.93. The molecule has 0 aromatic carbocycles. The number of alkyl carbamates (subject to hydrolysis) is 1. The molecular formula is C14H17N3O4. The third-order valence-electron chi connectivity index (χ3n) is 2.52. The van der Waals surface area contributed by atoms with Crippen LogP contribution in [-0.4, -0.2) is 21.7 Å². The number of nitrogens with zero attached hydrogens (tertiary/aromatic N) is 2. The molecule has 2 rings (SSSR count). The third kappa shape index (κ3) is 3.77. The summed E-state index contributed by atoms with van der Waals surface area (Å²) >= 11 is 0. The van der Waals surface area contributed by atoms with E-state index in [1.54, 1.807) is 39.8 Å². The smallest absolute Gasteiger partial charge is 0.408 e. The quantitative estimate of drug-likeness (QED) is 0.911. The van der Waals surface area contributed by atoms with Crippen molar-refractivity contribution < 1.29 is 13.9 Å². The number of carbonyl (C=O) groups is 1. The van der Waals surface area contributed by atoms with Crippen LogP contribution in [0.1, 0.15) is 39.6 Å². The zero-order valence-corrected chi connectivity index (χ0v) is 12.3. The number of nitrogens with one attached hydrogen (secondary N) is 1. The summed E-state index contributed by atoms with van der Waals surface area (Å²) in [4.78, 5) is 31.7. The summed E-state index contributed by atoms with van der Waals surface area (Å²) in [5.74, 6) is 0.0806. The van der Waals surface area contributed by atoms with Crippen LogP contribution in [-0.2, 0) is 4.74 Å². The molecule has 0 aliphatic rings. The Morgan fingerprint density at radius 3 is 2.81 bits per heavy atom. The van der Waals surface area contributed by atoms with Gasteiger partial charge in [0.05, 0.1) is 0 Å². The topological polar surface area (TPSA) is 94.3 Å². The molecule has 112 valence electrons. The number of amides is 1. The predicted molar refractivity (Wildman–Crippen MR) is 75.9 cm³/mol. The van der Waals surface area contributed by atoms with Crippen molar-refractivity contribution in [3.05, 3.63) is 34.6 Å².